The van der Waals surface area contributed by atoms with Crippen molar-refractivity contribution in [3.63, 3.8) is 0 Å². The molecule has 6 N–H and O–H groups in total. The summed E-state index contributed by atoms with van der Waals surface area (Å²) in [6, 6.07) is 0. The van der Waals surface area contributed by atoms with E-state index >= 15 is 0 Å². The SMILES string of the molecule is CCCCCCCCCCCCCCCCCC(=O)OC(O)(OC(=O)CCCCCCCCCCCCCCCCC)[C@H](O)[C@H](O)[C@H](O)[C@H](O)CO. The summed E-state index contributed by atoms with van der Waals surface area (Å²) in [7, 11) is 0. The Balaban J connectivity index is 4.45. The van der Waals surface area contributed by atoms with Crippen molar-refractivity contribution in [3.8, 4) is 0 Å². The van der Waals surface area contributed by atoms with Crippen LogP contribution >= 0.6 is 0 Å². The van der Waals surface area contributed by atoms with Crippen LogP contribution in [0.5, 0.6) is 0 Å². The van der Waals surface area contributed by atoms with Gasteiger partial charge in [-0.1, -0.05) is 194 Å². The molecule has 0 aliphatic carbocycles. The second-order valence-electron chi connectivity index (χ2n) is 15.2. The van der Waals surface area contributed by atoms with Crippen LogP contribution in [0.15, 0.2) is 0 Å². The van der Waals surface area contributed by atoms with Gasteiger partial charge in [0.25, 0.3) is 0 Å². The van der Waals surface area contributed by atoms with Gasteiger partial charge in [-0.05, 0) is 12.8 Å². The summed E-state index contributed by atoms with van der Waals surface area (Å²) in [6.07, 6.45) is 25.8. The van der Waals surface area contributed by atoms with Gasteiger partial charge in [0.1, 0.15) is 18.3 Å². The van der Waals surface area contributed by atoms with Crippen LogP contribution in [-0.2, 0) is 19.1 Å². The number of hydrogen-bond acceptors (Lipinski definition) is 10. The van der Waals surface area contributed by atoms with E-state index in [1.165, 1.54) is 128 Å². The maximum Gasteiger partial charge on any atom is 0.403 e. The van der Waals surface area contributed by atoms with Crippen LogP contribution in [0, 0.1) is 0 Å². The summed E-state index contributed by atoms with van der Waals surface area (Å²) in [5, 5.41) is 60.9. The van der Waals surface area contributed by atoms with E-state index < -0.39 is 48.9 Å². The lowest BCUT2D eigenvalue weighted by molar-refractivity contribution is -0.375. The maximum absolute atomic E-state index is 12.7. The van der Waals surface area contributed by atoms with Gasteiger partial charge < -0.3 is 40.1 Å². The molecule has 0 radical (unpaired) electrons. The fourth-order valence-electron chi connectivity index (χ4n) is 6.59. The molecule has 0 aromatic rings. The number of aliphatic hydroxyl groups is 6. The van der Waals surface area contributed by atoms with E-state index in [0.29, 0.717) is 12.8 Å². The van der Waals surface area contributed by atoms with Crippen LogP contribution in [0.1, 0.15) is 219 Å². The standard InChI is InChI=1S/C42H82O10/c1-3-5-7-9-11-13-15-17-19-21-23-25-27-29-31-33-37(45)51-42(50,41(49)40(48)39(47)36(44)35-43)52-38(46)34-32-30-28-26-24-22-20-18-16-14-12-10-8-6-4-2/h36,39-41,43-44,47-50H,3-35H2,1-2H3/t36-,39-,40-,41-/m1/s1. The molecule has 10 heteroatoms. The molecule has 0 amide bonds. The summed E-state index contributed by atoms with van der Waals surface area (Å²) < 4.78 is 10.0. The third-order valence-corrected chi connectivity index (χ3v) is 10.1. The number of hydrogen-bond donors (Lipinski definition) is 6. The molecule has 0 heterocycles. The molecule has 10 nitrogen and oxygen atoms in total. The molecule has 0 spiro atoms. The van der Waals surface area contributed by atoms with Crippen molar-refractivity contribution in [2.75, 3.05) is 6.61 Å². The second-order valence-corrected chi connectivity index (χ2v) is 15.2. The molecule has 4 atom stereocenters. The van der Waals surface area contributed by atoms with E-state index in [1.807, 2.05) is 0 Å². The van der Waals surface area contributed by atoms with Crippen LogP contribution < -0.4 is 0 Å². The van der Waals surface area contributed by atoms with Gasteiger partial charge in [-0.25, -0.2) is 0 Å². The van der Waals surface area contributed by atoms with Crippen LogP contribution in [0.2, 0.25) is 0 Å². The first-order valence-electron chi connectivity index (χ1n) is 21.6. The van der Waals surface area contributed by atoms with Crippen LogP contribution in [0.3, 0.4) is 0 Å². The number of unbranched alkanes of at least 4 members (excludes halogenated alkanes) is 28. The average molecular weight is 747 g/mol. The predicted octanol–water partition coefficient (Wildman–Crippen LogP) is 8.68. The normalized spacial score (nSPS) is 14.2. The summed E-state index contributed by atoms with van der Waals surface area (Å²) in [6.45, 7) is 3.53. The topological polar surface area (TPSA) is 174 Å². The zero-order chi connectivity index (χ0) is 38.7. The third kappa shape index (κ3) is 28.2. The Kier molecular flexibility index (Phi) is 34.5. The monoisotopic (exact) mass is 747 g/mol. The highest BCUT2D eigenvalue weighted by atomic mass is 16.8. The molecular weight excluding hydrogens is 664 g/mol. The molecule has 0 saturated carbocycles. The van der Waals surface area contributed by atoms with Crippen molar-refractivity contribution in [1.82, 2.24) is 0 Å². The van der Waals surface area contributed by atoms with E-state index in [4.69, 9.17) is 14.6 Å². The molecule has 0 aromatic heterocycles. The van der Waals surface area contributed by atoms with Gasteiger partial charge in [-0.2, -0.15) is 0 Å². The van der Waals surface area contributed by atoms with Gasteiger partial charge in [0.05, 0.1) is 6.61 Å². The number of esters is 2. The summed E-state index contributed by atoms with van der Waals surface area (Å²) >= 11 is 0. The Morgan fingerprint density at radius 1 is 0.442 bits per heavy atom. The van der Waals surface area contributed by atoms with Gasteiger partial charge in [0.2, 0.25) is 0 Å². The molecule has 0 aliphatic rings. The molecule has 310 valence electrons. The van der Waals surface area contributed by atoms with E-state index in [1.54, 1.807) is 0 Å². The number of ether oxygens (including phenoxy) is 2. The first kappa shape index (κ1) is 50.7. The first-order valence-corrected chi connectivity index (χ1v) is 21.6. The van der Waals surface area contributed by atoms with Crippen molar-refractivity contribution in [3.05, 3.63) is 0 Å². The van der Waals surface area contributed by atoms with Crippen molar-refractivity contribution in [2.45, 2.75) is 250 Å². The molecule has 0 rings (SSSR count). The van der Waals surface area contributed by atoms with Crippen molar-refractivity contribution >= 4 is 11.9 Å². The Hall–Kier alpha value is -1.30. The molecule has 0 fully saturated rings. The number of carbonyl (C=O) groups is 2. The van der Waals surface area contributed by atoms with E-state index in [2.05, 4.69) is 13.8 Å². The molecular formula is C42H82O10. The number of rotatable bonds is 39. The van der Waals surface area contributed by atoms with E-state index in [0.717, 1.165) is 51.4 Å². The molecule has 0 aliphatic heterocycles. The van der Waals surface area contributed by atoms with Gasteiger partial charge in [0.15, 0.2) is 6.10 Å². The molecule has 0 saturated heterocycles. The zero-order valence-electron chi connectivity index (χ0n) is 33.5. The highest BCUT2D eigenvalue weighted by Gasteiger charge is 2.51. The maximum atomic E-state index is 12.7. The Labute approximate surface area is 317 Å². The quantitative estimate of drug-likeness (QED) is 0.0203. The van der Waals surface area contributed by atoms with Crippen molar-refractivity contribution in [2.24, 2.45) is 0 Å². The van der Waals surface area contributed by atoms with Crippen LogP contribution in [0.4, 0.5) is 0 Å². The smallest absolute Gasteiger partial charge is 0.396 e. The largest absolute Gasteiger partial charge is 0.403 e. The summed E-state index contributed by atoms with van der Waals surface area (Å²) in [5.74, 6) is -5.17. The summed E-state index contributed by atoms with van der Waals surface area (Å²) in [4.78, 5) is 25.3. The van der Waals surface area contributed by atoms with Crippen molar-refractivity contribution < 1.29 is 49.7 Å². The highest BCUT2D eigenvalue weighted by Crippen LogP contribution is 2.24. The first-order chi connectivity index (χ1) is 25.1. The molecule has 52 heavy (non-hydrogen) atoms. The van der Waals surface area contributed by atoms with Gasteiger partial charge in [-0.3, -0.25) is 9.59 Å². The lowest BCUT2D eigenvalue weighted by atomic mass is 10.0. The van der Waals surface area contributed by atoms with E-state index in [9.17, 15) is 35.1 Å². The summed E-state index contributed by atoms with van der Waals surface area (Å²) in [5.41, 5.74) is 0. The minimum Gasteiger partial charge on any atom is -0.396 e. The molecule has 0 aromatic carbocycles. The predicted molar refractivity (Wildman–Crippen MR) is 207 cm³/mol. The zero-order valence-corrected chi connectivity index (χ0v) is 33.5. The Morgan fingerprint density at radius 2 is 0.692 bits per heavy atom. The van der Waals surface area contributed by atoms with Gasteiger partial charge in [0, 0.05) is 12.8 Å². The highest BCUT2D eigenvalue weighted by molar-refractivity contribution is 5.71. The molecule has 0 bridgehead atoms. The lowest BCUT2D eigenvalue weighted by Crippen LogP contribution is -2.59. The Bertz CT molecular complexity index is 762. The van der Waals surface area contributed by atoms with Gasteiger partial charge in [-0.15, -0.1) is 0 Å². The third-order valence-electron chi connectivity index (χ3n) is 10.1. The fraction of sp³-hybridized carbons (Fsp3) is 0.952. The minimum atomic E-state index is -3.28. The van der Waals surface area contributed by atoms with Crippen LogP contribution in [-0.4, -0.2) is 79.6 Å². The van der Waals surface area contributed by atoms with Crippen molar-refractivity contribution in [1.29, 1.82) is 0 Å². The van der Waals surface area contributed by atoms with E-state index in [-0.39, 0.29) is 12.8 Å². The lowest BCUT2D eigenvalue weighted by Gasteiger charge is -2.35. The molecule has 0 unspecified atom stereocenters. The fourth-order valence-corrected chi connectivity index (χ4v) is 6.59. The average Bonchev–Trinajstić information content (AvgIpc) is 3.13. The minimum absolute atomic E-state index is 0.109. The van der Waals surface area contributed by atoms with Crippen LogP contribution in [0.25, 0.3) is 0 Å². The number of aliphatic hydroxyl groups excluding tert-OH is 5. The van der Waals surface area contributed by atoms with Gasteiger partial charge >= 0.3 is 17.9 Å². The second kappa shape index (κ2) is 35.4. The number of carbonyl (C=O) groups excluding carboxylic acids is 2. The Morgan fingerprint density at radius 3 is 0.942 bits per heavy atom.